The monoisotopic (exact) mass is 613 g/mol. The number of halogens is 4. The summed E-state index contributed by atoms with van der Waals surface area (Å²) in [7, 11) is 0. The molecule has 1 amide bonds. The SMILES string of the molecule is Cc1ccc(NC(=O)c2ccc(Cl)c(C(F)(F)F)c2)cc1C#Cc1nn([C@@H]2CCN(C(O)[C@@H](C)O)C2)c2ncnc(N)c12. The molecule has 0 spiro atoms. The summed E-state index contributed by atoms with van der Waals surface area (Å²) in [6, 6.07) is 7.72. The highest BCUT2D eigenvalue weighted by atomic mass is 35.5. The van der Waals surface area contributed by atoms with Crippen LogP contribution in [0.25, 0.3) is 11.0 Å². The van der Waals surface area contributed by atoms with Crippen molar-refractivity contribution in [1.82, 2.24) is 24.6 Å². The number of aromatic nitrogens is 4. The number of likely N-dealkylation sites (tertiary alicyclic amines) is 1. The van der Waals surface area contributed by atoms with Crippen LogP contribution in [-0.4, -0.2) is 66.2 Å². The Morgan fingerprint density at radius 3 is 2.67 bits per heavy atom. The van der Waals surface area contributed by atoms with Crippen LogP contribution in [-0.2, 0) is 6.18 Å². The number of fused-ring (bicyclic) bond motifs is 1. The number of nitrogens with one attached hydrogen (secondary N) is 1. The first kappa shape index (κ1) is 30.2. The number of carbonyl (C=O) groups is 1. The zero-order valence-electron chi connectivity index (χ0n) is 23.0. The second kappa shape index (κ2) is 11.8. The molecular formula is C29H27ClF3N7O3. The van der Waals surface area contributed by atoms with Gasteiger partial charge < -0.3 is 21.3 Å². The smallest absolute Gasteiger partial charge is 0.389 e. The number of alkyl halides is 3. The van der Waals surface area contributed by atoms with Crippen LogP contribution in [0.4, 0.5) is 24.7 Å². The van der Waals surface area contributed by atoms with Gasteiger partial charge in [-0.05, 0) is 62.1 Å². The van der Waals surface area contributed by atoms with Crippen LogP contribution < -0.4 is 11.1 Å². The summed E-state index contributed by atoms with van der Waals surface area (Å²) in [5, 5.41) is 27.3. The Kier molecular flexibility index (Phi) is 8.31. The Labute approximate surface area is 249 Å². The molecule has 224 valence electrons. The van der Waals surface area contributed by atoms with E-state index in [1.165, 1.54) is 19.3 Å². The van der Waals surface area contributed by atoms with Crippen molar-refractivity contribution in [3.05, 3.63) is 75.7 Å². The highest BCUT2D eigenvalue weighted by molar-refractivity contribution is 6.31. The van der Waals surface area contributed by atoms with Gasteiger partial charge in [-0.15, -0.1) is 0 Å². The van der Waals surface area contributed by atoms with E-state index in [1.54, 1.807) is 27.8 Å². The predicted molar refractivity (Wildman–Crippen MR) is 154 cm³/mol. The first-order chi connectivity index (χ1) is 20.3. The number of amides is 1. The number of nitrogens with two attached hydrogens (primary N) is 1. The number of anilines is 2. The molecule has 1 aliphatic heterocycles. The summed E-state index contributed by atoms with van der Waals surface area (Å²) in [5.41, 5.74) is 7.33. The van der Waals surface area contributed by atoms with Gasteiger partial charge in [-0.2, -0.15) is 18.3 Å². The van der Waals surface area contributed by atoms with Crippen molar-refractivity contribution < 1.29 is 28.2 Å². The van der Waals surface area contributed by atoms with Crippen LogP contribution in [0.2, 0.25) is 5.02 Å². The molecule has 1 unspecified atom stereocenters. The minimum Gasteiger partial charge on any atom is -0.389 e. The molecule has 5 N–H and O–H groups in total. The van der Waals surface area contributed by atoms with Crippen molar-refractivity contribution in [3.63, 3.8) is 0 Å². The number of carbonyl (C=O) groups excluding carboxylic acids is 1. The minimum absolute atomic E-state index is 0.160. The number of nitrogens with zero attached hydrogens (tertiary/aromatic N) is 5. The van der Waals surface area contributed by atoms with E-state index in [0.29, 0.717) is 53.6 Å². The van der Waals surface area contributed by atoms with Crippen molar-refractivity contribution in [2.75, 3.05) is 24.1 Å². The average Bonchev–Trinajstić information content (AvgIpc) is 3.58. The van der Waals surface area contributed by atoms with Gasteiger partial charge in [-0.1, -0.05) is 23.6 Å². The third kappa shape index (κ3) is 6.28. The first-order valence-corrected chi connectivity index (χ1v) is 13.6. The molecule has 1 saturated heterocycles. The fourth-order valence-electron chi connectivity index (χ4n) is 4.90. The molecule has 10 nitrogen and oxygen atoms in total. The third-order valence-corrected chi connectivity index (χ3v) is 7.54. The van der Waals surface area contributed by atoms with Crippen molar-refractivity contribution in [3.8, 4) is 11.8 Å². The van der Waals surface area contributed by atoms with Gasteiger partial charge in [0, 0.05) is 29.9 Å². The van der Waals surface area contributed by atoms with Crippen LogP contribution in [0.1, 0.15) is 52.1 Å². The number of aliphatic hydroxyl groups excluding tert-OH is 2. The molecule has 14 heteroatoms. The normalized spacial score (nSPS) is 17.0. The summed E-state index contributed by atoms with van der Waals surface area (Å²) >= 11 is 5.67. The number of nitrogen functional groups attached to an aromatic ring is 1. The van der Waals surface area contributed by atoms with Crippen LogP contribution in [0.3, 0.4) is 0 Å². The summed E-state index contributed by atoms with van der Waals surface area (Å²) in [4.78, 5) is 23.0. The topological polar surface area (TPSA) is 142 Å². The average molecular weight is 614 g/mol. The van der Waals surface area contributed by atoms with Gasteiger partial charge in [0.05, 0.1) is 28.1 Å². The Bertz CT molecular complexity index is 1760. The van der Waals surface area contributed by atoms with E-state index < -0.39 is 35.0 Å². The van der Waals surface area contributed by atoms with E-state index in [0.717, 1.165) is 11.6 Å². The number of aliphatic hydroxyl groups is 2. The molecule has 3 atom stereocenters. The van der Waals surface area contributed by atoms with E-state index in [4.69, 9.17) is 17.3 Å². The molecule has 0 radical (unpaired) electrons. The van der Waals surface area contributed by atoms with Gasteiger partial charge in [-0.3, -0.25) is 9.69 Å². The minimum atomic E-state index is -4.71. The van der Waals surface area contributed by atoms with Gasteiger partial charge in [-0.25, -0.2) is 14.6 Å². The Hall–Kier alpha value is -4.22. The van der Waals surface area contributed by atoms with Gasteiger partial charge in [0.2, 0.25) is 0 Å². The van der Waals surface area contributed by atoms with Crippen LogP contribution in [0, 0.1) is 18.8 Å². The standard InChI is InChI=1S/C29H27ClF3N7O3/c1-15-3-6-19(37-27(42)18-4-7-22(30)21(12-18)29(31,32)33)11-17(15)5-8-23-24-25(34)35-14-36-26(24)40(38-23)20-9-10-39(13-20)28(43)16(2)41/h3-4,6-7,11-12,14,16,20,28,41,43H,9-10,13H2,1-2H3,(H,37,42)(H2,34,35,36)/t16-,20-,28?/m1/s1. The van der Waals surface area contributed by atoms with E-state index in [2.05, 4.69) is 32.2 Å². The van der Waals surface area contributed by atoms with Gasteiger partial charge >= 0.3 is 6.18 Å². The molecular weight excluding hydrogens is 587 g/mol. The predicted octanol–water partition coefficient (Wildman–Crippen LogP) is 3.99. The van der Waals surface area contributed by atoms with Crippen LogP contribution >= 0.6 is 11.6 Å². The second-order valence-electron chi connectivity index (χ2n) is 10.3. The zero-order valence-corrected chi connectivity index (χ0v) is 23.8. The molecule has 1 fully saturated rings. The molecule has 1 aliphatic rings. The van der Waals surface area contributed by atoms with E-state index in [1.807, 2.05) is 6.92 Å². The first-order valence-electron chi connectivity index (χ1n) is 13.2. The highest BCUT2D eigenvalue weighted by Crippen LogP contribution is 2.35. The molecule has 3 heterocycles. The lowest BCUT2D eigenvalue weighted by Crippen LogP contribution is -2.41. The summed E-state index contributed by atoms with van der Waals surface area (Å²) in [6.07, 6.45) is -4.65. The summed E-state index contributed by atoms with van der Waals surface area (Å²) < 4.78 is 41.5. The fourth-order valence-corrected chi connectivity index (χ4v) is 5.12. The maximum absolute atomic E-state index is 13.3. The van der Waals surface area contributed by atoms with Crippen molar-refractivity contribution in [2.24, 2.45) is 0 Å². The Morgan fingerprint density at radius 2 is 1.95 bits per heavy atom. The number of benzene rings is 2. The number of aryl methyl sites for hydroxylation is 1. The Balaban J connectivity index is 1.43. The lowest BCUT2D eigenvalue weighted by molar-refractivity contribution is -0.137. The fraction of sp³-hybridized carbons (Fsp3) is 0.310. The van der Waals surface area contributed by atoms with Crippen molar-refractivity contribution in [2.45, 2.75) is 44.8 Å². The second-order valence-corrected chi connectivity index (χ2v) is 10.7. The zero-order chi connectivity index (χ0) is 31.1. The highest BCUT2D eigenvalue weighted by Gasteiger charge is 2.34. The maximum Gasteiger partial charge on any atom is 0.417 e. The molecule has 43 heavy (non-hydrogen) atoms. The van der Waals surface area contributed by atoms with Crippen molar-refractivity contribution in [1.29, 1.82) is 0 Å². The molecule has 5 rings (SSSR count). The molecule has 0 bridgehead atoms. The molecule has 0 aliphatic carbocycles. The maximum atomic E-state index is 13.3. The van der Waals surface area contributed by atoms with Gasteiger partial charge in [0.15, 0.2) is 5.65 Å². The van der Waals surface area contributed by atoms with E-state index in [9.17, 15) is 28.2 Å². The number of hydrogen-bond acceptors (Lipinski definition) is 8. The largest absolute Gasteiger partial charge is 0.417 e. The quantitative estimate of drug-likeness (QED) is 0.248. The lowest BCUT2D eigenvalue weighted by atomic mass is 10.1. The lowest BCUT2D eigenvalue weighted by Gasteiger charge is -2.25. The Morgan fingerprint density at radius 1 is 1.19 bits per heavy atom. The molecule has 2 aromatic carbocycles. The summed E-state index contributed by atoms with van der Waals surface area (Å²) in [5.74, 6) is 5.52. The summed E-state index contributed by atoms with van der Waals surface area (Å²) in [6.45, 7) is 4.31. The van der Waals surface area contributed by atoms with E-state index >= 15 is 0 Å². The molecule has 0 saturated carbocycles. The number of rotatable bonds is 5. The van der Waals surface area contributed by atoms with Crippen LogP contribution in [0.15, 0.2) is 42.7 Å². The third-order valence-electron chi connectivity index (χ3n) is 7.21. The molecule has 4 aromatic rings. The van der Waals surface area contributed by atoms with Crippen LogP contribution in [0.5, 0.6) is 0 Å². The van der Waals surface area contributed by atoms with Gasteiger partial charge in [0.25, 0.3) is 5.91 Å². The molecule has 2 aromatic heterocycles. The van der Waals surface area contributed by atoms with Crippen molar-refractivity contribution >= 4 is 40.0 Å². The van der Waals surface area contributed by atoms with Gasteiger partial charge in [0.1, 0.15) is 24.1 Å². The van der Waals surface area contributed by atoms with E-state index in [-0.39, 0.29) is 17.4 Å². The number of hydrogen-bond donors (Lipinski definition) is 4.